The Labute approximate surface area is 240 Å². The van der Waals surface area contributed by atoms with Crippen molar-refractivity contribution >= 4 is 46.3 Å². The highest BCUT2D eigenvalue weighted by atomic mass is 32.2. The molecule has 0 unspecified atom stereocenters. The zero-order valence-corrected chi connectivity index (χ0v) is 23.1. The molecule has 2 heterocycles. The van der Waals surface area contributed by atoms with Crippen LogP contribution in [0.4, 0.5) is 20.6 Å². The largest absolute Gasteiger partial charge is 0.493 e. The van der Waals surface area contributed by atoms with Gasteiger partial charge in [0.2, 0.25) is 5.91 Å². The summed E-state index contributed by atoms with van der Waals surface area (Å²) in [5.74, 6) is -0.448. The Morgan fingerprint density at radius 1 is 1.02 bits per heavy atom. The monoisotopic (exact) mass is 577 g/mol. The topological polar surface area (TPSA) is 97.4 Å². The van der Waals surface area contributed by atoms with Crippen LogP contribution in [0.15, 0.2) is 71.6 Å². The maximum absolute atomic E-state index is 13.1. The van der Waals surface area contributed by atoms with Crippen LogP contribution in [0.3, 0.4) is 0 Å². The Morgan fingerprint density at radius 2 is 1.76 bits per heavy atom. The average Bonchev–Trinajstić information content (AvgIpc) is 3.25. The molecule has 212 valence electrons. The van der Waals surface area contributed by atoms with Gasteiger partial charge in [-0.3, -0.25) is 19.3 Å². The first-order chi connectivity index (χ1) is 19.9. The zero-order chi connectivity index (χ0) is 28.8. The molecule has 2 fully saturated rings. The first-order valence-electron chi connectivity index (χ1n) is 12.9. The molecule has 0 radical (unpaired) electrons. The number of carbonyl (C=O) groups excluding carboxylic acids is 3. The van der Waals surface area contributed by atoms with Gasteiger partial charge < -0.3 is 24.4 Å². The second-order valence-corrected chi connectivity index (χ2v) is 10.3. The minimum atomic E-state index is -0.548. The van der Waals surface area contributed by atoms with E-state index in [0.29, 0.717) is 36.0 Å². The number of nitrogens with zero attached hydrogens (tertiary/aromatic N) is 2. The molecule has 0 spiro atoms. The van der Waals surface area contributed by atoms with Gasteiger partial charge >= 0.3 is 0 Å². The number of morpholine rings is 1. The fourth-order valence-corrected chi connectivity index (χ4v) is 5.18. The van der Waals surface area contributed by atoms with Gasteiger partial charge in [-0.1, -0.05) is 18.2 Å². The standard InChI is InChI=1S/C30H28FN3O6S/c1-38-26-16-21(4-11-25(26)40-19-20-2-5-22(31)6-3-20)17-27-29(36)34(30(37)41-27)18-28(35)32-23-7-9-24(10-8-23)33-12-14-39-15-13-33/h2-11,16-17H,12-15,18-19H2,1H3,(H,32,35)/b27-17-. The molecule has 2 aliphatic rings. The molecule has 3 aromatic carbocycles. The van der Waals surface area contributed by atoms with Crippen LogP contribution < -0.4 is 19.7 Å². The molecular formula is C30H28FN3O6S. The van der Waals surface area contributed by atoms with E-state index in [-0.39, 0.29) is 17.3 Å². The van der Waals surface area contributed by atoms with Crippen molar-refractivity contribution in [1.82, 2.24) is 4.90 Å². The highest BCUT2D eigenvalue weighted by molar-refractivity contribution is 8.18. The summed E-state index contributed by atoms with van der Waals surface area (Å²) >= 11 is 0.769. The lowest BCUT2D eigenvalue weighted by atomic mass is 10.1. The van der Waals surface area contributed by atoms with Crippen molar-refractivity contribution in [3.05, 3.63) is 88.6 Å². The van der Waals surface area contributed by atoms with Crippen LogP contribution in [0.2, 0.25) is 0 Å². The Balaban J connectivity index is 1.19. The number of benzene rings is 3. The maximum Gasteiger partial charge on any atom is 0.294 e. The van der Waals surface area contributed by atoms with Gasteiger partial charge in [-0.15, -0.1) is 0 Å². The fraction of sp³-hybridized carbons (Fsp3) is 0.233. The number of amides is 3. The molecule has 3 aromatic rings. The van der Waals surface area contributed by atoms with E-state index >= 15 is 0 Å². The van der Waals surface area contributed by atoms with E-state index in [1.54, 1.807) is 48.5 Å². The predicted molar refractivity (Wildman–Crippen MR) is 155 cm³/mol. The predicted octanol–water partition coefficient (Wildman–Crippen LogP) is 4.92. The first kappa shape index (κ1) is 28.2. The lowest BCUT2D eigenvalue weighted by Gasteiger charge is -2.28. The minimum Gasteiger partial charge on any atom is -0.493 e. The third-order valence-corrected chi connectivity index (χ3v) is 7.40. The third-order valence-electron chi connectivity index (χ3n) is 6.50. The molecule has 0 aliphatic carbocycles. The Bertz CT molecular complexity index is 1460. The lowest BCUT2D eigenvalue weighted by Crippen LogP contribution is -2.36. The number of hydrogen-bond donors (Lipinski definition) is 1. The summed E-state index contributed by atoms with van der Waals surface area (Å²) in [6.45, 7) is 2.79. The Morgan fingerprint density at radius 3 is 2.46 bits per heavy atom. The summed E-state index contributed by atoms with van der Waals surface area (Å²) in [6, 6.07) is 18.5. The molecule has 11 heteroatoms. The van der Waals surface area contributed by atoms with Crippen molar-refractivity contribution in [2.75, 3.05) is 50.2 Å². The summed E-state index contributed by atoms with van der Waals surface area (Å²) in [7, 11) is 1.49. The number of halogens is 1. The zero-order valence-electron chi connectivity index (χ0n) is 22.3. The van der Waals surface area contributed by atoms with Gasteiger partial charge in [-0.05, 0) is 77.5 Å². The van der Waals surface area contributed by atoms with Crippen LogP contribution in [0.5, 0.6) is 11.5 Å². The quantitative estimate of drug-likeness (QED) is 0.358. The lowest BCUT2D eigenvalue weighted by molar-refractivity contribution is -0.127. The molecule has 9 nitrogen and oxygen atoms in total. The smallest absolute Gasteiger partial charge is 0.294 e. The number of thioether (sulfide) groups is 1. The number of hydrogen-bond acceptors (Lipinski definition) is 8. The number of rotatable bonds is 9. The van der Waals surface area contributed by atoms with E-state index in [4.69, 9.17) is 14.2 Å². The Kier molecular flexibility index (Phi) is 8.85. The number of imide groups is 1. The molecular weight excluding hydrogens is 549 g/mol. The number of anilines is 2. The summed E-state index contributed by atoms with van der Waals surface area (Å²) < 4.78 is 29.8. The van der Waals surface area contributed by atoms with Crippen LogP contribution in [0.25, 0.3) is 6.08 Å². The van der Waals surface area contributed by atoms with Gasteiger partial charge in [0, 0.05) is 24.5 Å². The summed E-state index contributed by atoms with van der Waals surface area (Å²) in [5, 5.41) is 2.22. The molecule has 2 aliphatic heterocycles. The number of carbonyl (C=O) groups is 3. The van der Waals surface area contributed by atoms with Gasteiger partial charge in [0.1, 0.15) is 19.0 Å². The highest BCUT2D eigenvalue weighted by Gasteiger charge is 2.36. The summed E-state index contributed by atoms with van der Waals surface area (Å²) in [5.41, 5.74) is 3.02. The normalized spacial score (nSPS) is 16.3. The van der Waals surface area contributed by atoms with Crippen LogP contribution in [-0.4, -0.2) is 61.9 Å². The third kappa shape index (κ3) is 7.05. The number of methoxy groups -OCH3 is 1. The van der Waals surface area contributed by atoms with E-state index in [1.165, 1.54) is 19.2 Å². The second-order valence-electron chi connectivity index (χ2n) is 9.29. The van der Waals surface area contributed by atoms with Crippen molar-refractivity contribution in [1.29, 1.82) is 0 Å². The first-order valence-corrected chi connectivity index (χ1v) is 13.7. The van der Waals surface area contributed by atoms with E-state index in [1.807, 2.05) is 12.1 Å². The molecule has 41 heavy (non-hydrogen) atoms. The van der Waals surface area contributed by atoms with Crippen molar-refractivity contribution in [3.63, 3.8) is 0 Å². The van der Waals surface area contributed by atoms with Gasteiger partial charge in [-0.2, -0.15) is 0 Å². The average molecular weight is 578 g/mol. The number of nitrogens with one attached hydrogen (secondary N) is 1. The van der Waals surface area contributed by atoms with Crippen molar-refractivity contribution in [2.24, 2.45) is 0 Å². The molecule has 2 saturated heterocycles. The van der Waals surface area contributed by atoms with Gasteiger partial charge in [0.15, 0.2) is 11.5 Å². The number of ether oxygens (including phenoxy) is 3. The van der Waals surface area contributed by atoms with Crippen LogP contribution >= 0.6 is 11.8 Å². The SMILES string of the molecule is COc1cc(/C=C2\SC(=O)N(CC(=O)Nc3ccc(N4CCOCC4)cc3)C2=O)ccc1OCc1ccc(F)cc1. The van der Waals surface area contributed by atoms with E-state index in [2.05, 4.69) is 10.2 Å². The molecule has 1 N–H and O–H groups in total. The van der Waals surface area contributed by atoms with Gasteiger partial charge in [0.25, 0.3) is 11.1 Å². The molecule has 0 aromatic heterocycles. The maximum atomic E-state index is 13.1. The van der Waals surface area contributed by atoms with E-state index < -0.39 is 23.6 Å². The molecule has 5 rings (SSSR count). The minimum absolute atomic E-state index is 0.194. The Hall–Kier alpha value is -4.35. The van der Waals surface area contributed by atoms with Gasteiger partial charge in [0.05, 0.1) is 25.2 Å². The van der Waals surface area contributed by atoms with Gasteiger partial charge in [-0.25, -0.2) is 4.39 Å². The highest BCUT2D eigenvalue weighted by Crippen LogP contribution is 2.35. The molecule has 0 bridgehead atoms. The van der Waals surface area contributed by atoms with Crippen molar-refractivity contribution in [3.8, 4) is 11.5 Å². The second kappa shape index (κ2) is 12.9. The summed E-state index contributed by atoms with van der Waals surface area (Å²) in [4.78, 5) is 41.5. The van der Waals surface area contributed by atoms with Crippen molar-refractivity contribution in [2.45, 2.75) is 6.61 Å². The molecule has 0 saturated carbocycles. The fourth-order valence-electron chi connectivity index (χ4n) is 4.34. The van der Waals surface area contributed by atoms with Crippen LogP contribution in [0.1, 0.15) is 11.1 Å². The summed E-state index contributed by atoms with van der Waals surface area (Å²) in [6.07, 6.45) is 1.57. The van der Waals surface area contributed by atoms with Crippen molar-refractivity contribution < 1.29 is 33.0 Å². The molecule has 3 amide bonds. The van der Waals surface area contributed by atoms with E-state index in [9.17, 15) is 18.8 Å². The van der Waals surface area contributed by atoms with Crippen LogP contribution in [-0.2, 0) is 20.9 Å². The molecule has 0 atom stereocenters. The van der Waals surface area contributed by atoms with E-state index in [0.717, 1.165) is 41.0 Å². The van der Waals surface area contributed by atoms with Crippen LogP contribution in [0, 0.1) is 5.82 Å².